The van der Waals surface area contributed by atoms with Crippen molar-refractivity contribution in [1.82, 2.24) is 4.90 Å². The van der Waals surface area contributed by atoms with Gasteiger partial charge in [-0.2, -0.15) is 4.91 Å². The second kappa shape index (κ2) is 11.7. The van der Waals surface area contributed by atoms with Gasteiger partial charge in [0.1, 0.15) is 12.4 Å². The van der Waals surface area contributed by atoms with Crippen LogP contribution >= 0.6 is 0 Å². The molecule has 1 amide bonds. The van der Waals surface area contributed by atoms with E-state index in [9.17, 15) is 14.1 Å². The summed E-state index contributed by atoms with van der Waals surface area (Å²) in [6.45, 7) is 4.59. The first-order valence-corrected chi connectivity index (χ1v) is 8.41. The summed E-state index contributed by atoms with van der Waals surface area (Å²) in [7, 11) is 1.73. The van der Waals surface area contributed by atoms with Gasteiger partial charge >= 0.3 is 0 Å². The number of hydrogen-bond acceptors (Lipinski definition) is 4. The smallest absolute Gasteiger partial charge is 0.222 e. The number of piperidine rings is 1. The molecule has 0 bridgehead atoms. The van der Waals surface area contributed by atoms with Gasteiger partial charge in [-0.25, -0.2) is 4.39 Å². The van der Waals surface area contributed by atoms with Gasteiger partial charge in [0, 0.05) is 32.2 Å². The number of hydrogen-bond donors (Lipinski definition) is 0. The number of likely N-dealkylation sites (tertiary alicyclic amines) is 1. The topological polar surface area (TPSA) is 59.0 Å². The molecule has 1 unspecified atom stereocenters. The summed E-state index contributed by atoms with van der Waals surface area (Å²) < 4.78 is 17.7. The molecule has 1 heterocycles. The molecular weight excluding hydrogens is 311 g/mol. The molecule has 1 saturated heterocycles. The monoisotopic (exact) mass is 338 g/mol. The van der Waals surface area contributed by atoms with Gasteiger partial charge in [0.15, 0.2) is 0 Å². The molecule has 0 aliphatic carbocycles. The van der Waals surface area contributed by atoms with Crippen molar-refractivity contribution in [2.45, 2.75) is 39.2 Å². The van der Waals surface area contributed by atoms with E-state index in [2.05, 4.69) is 12.1 Å². The third kappa shape index (κ3) is 7.17. The van der Waals surface area contributed by atoms with Gasteiger partial charge in [0.2, 0.25) is 5.91 Å². The fraction of sp³-hybridized carbons (Fsp3) is 0.611. The van der Waals surface area contributed by atoms with Gasteiger partial charge in [0.05, 0.1) is 6.61 Å². The van der Waals surface area contributed by atoms with E-state index >= 15 is 0 Å². The summed E-state index contributed by atoms with van der Waals surface area (Å²) in [6.07, 6.45) is 3.97. The molecule has 0 aromatic heterocycles. The van der Waals surface area contributed by atoms with Crippen LogP contribution in [-0.2, 0) is 16.1 Å². The van der Waals surface area contributed by atoms with Crippen LogP contribution in [0.5, 0.6) is 0 Å². The summed E-state index contributed by atoms with van der Waals surface area (Å²) in [5, 5.41) is 2.58. The lowest BCUT2D eigenvalue weighted by Crippen LogP contribution is -2.40. The summed E-state index contributed by atoms with van der Waals surface area (Å²) in [5.41, 5.74) is 0.345. The molecule has 1 atom stereocenters. The average Bonchev–Trinajstić information content (AvgIpc) is 2.59. The number of methoxy groups -OCH3 is 1. The lowest BCUT2D eigenvalue weighted by Gasteiger charge is -2.32. The summed E-state index contributed by atoms with van der Waals surface area (Å²) in [4.78, 5) is 23.3. The average molecular weight is 338 g/mol. The van der Waals surface area contributed by atoms with Crippen LogP contribution < -0.4 is 0 Å². The Bertz CT molecular complexity index is 509. The standard InChI is InChI=1S/C11H21NO2.C7H6FNO/c1-3-5-11(13)12-7-4-6-10(8-12)9-14-2;8-7-4-2-1-3-6(7)5-9-10/h10H,3-9H2,1-2H3;1-4H,5H2. The number of amides is 1. The molecule has 6 heteroatoms. The highest BCUT2D eigenvalue weighted by Crippen LogP contribution is 2.17. The maximum Gasteiger partial charge on any atom is 0.222 e. The Morgan fingerprint density at radius 3 is 2.79 bits per heavy atom. The predicted octanol–water partition coefficient (Wildman–Crippen LogP) is 3.76. The summed E-state index contributed by atoms with van der Waals surface area (Å²) in [5.74, 6) is 0.491. The van der Waals surface area contributed by atoms with Crippen LogP contribution in [0, 0.1) is 16.6 Å². The van der Waals surface area contributed by atoms with Gasteiger partial charge in [-0.05, 0) is 31.2 Å². The van der Waals surface area contributed by atoms with E-state index in [0.717, 1.165) is 32.5 Å². The minimum Gasteiger partial charge on any atom is -0.384 e. The van der Waals surface area contributed by atoms with Crippen molar-refractivity contribution < 1.29 is 13.9 Å². The van der Waals surface area contributed by atoms with Gasteiger partial charge in [0.25, 0.3) is 0 Å². The Balaban J connectivity index is 0.000000254. The molecule has 24 heavy (non-hydrogen) atoms. The summed E-state index contributed by atoms with van der Waals surface area (Å²) >= 11 is 0. The molecule has 1 aliphatic rings. The number of ether oxygens (including phenoxy) is 1. The van der Waals surface area contributed by atoms with Crippen LogP contribution in [0.25, 0.3) is 0 Å². The third-order valence-electron chi connectivity index (χ3n) is 3.93. The molecule has 1 aromatic rings. The van der Waals surface area contributed by atoms with E-state index in [1.165, 1.54) is 18.6 Å². The first-order chi connectivity index (χ1) is 11.6. The predicted molar refractivity (Wildman–Crippen MR) is 92.0 cm³/mol. The largest absolute Gasteiger partial charge is 0.384 e. The Morgan fingerprint density at radius 2 is 2.17 bits per heavy atom. The van der Waals surface area contributed by atoms with Gasteiger partial charge in [-0.1, -0.05) is 30.3 Å². The van der Waals surface area contributed by atoms with Crippen molar-refractivity contribution in [2.75, 3.05) is 26.8 Å². The molecule has 1 aliphatic heterocycles. The molecule has 1 fully saturated rings. The highest BCUT2D eigenvalue weighted by molar-refractivity contribution is 5.76. The van der Waals surface area contributed by atoms with Crippen LogP contribution in [0.4, 0.5) is 4.39 Å². The molecule has 0 spiro atoms. The van der Waals surface area contributed by atoms with E-state index in [1.54, 1.807) is 19.2 Å². The van der Waals surface area contributed by atoms with Gasteiger partial charge in [-0.3, -0.25) is 4.79 Å². The normalized spacial score (nSPS) is 17.0. The molecule has 0 N–H and O–H groups in total. The number of carbonyl (C=O) groups is 1. The highest BCUT2D eigenvalue weighted by Gasteiger charge is 2.22. The second-order valence-corrected chi connectivity index (χ2v) is 5.93. The Labute approximate surface area is 143 Å². The number of halogens is 1. The Kier molecular flexibility index (Phi) is 9.84. The number of benzene rings is 1. The molecule has 2 rings (SSSR count). The van der Waals surface area contributed by atoms with Crippen LogP contribution in [0.15, 0.2) is 29.4 Å². The van der Waals surface area contributed by atoms with E-state index in [4.69, 9.17) is 4.74 Å². The lowest BCUT2D eigenvalue weighted by molar-refractivity contribution is -0.133. The van der Waals surface area contributed by atoms with Crippen molar-refractivity contribution in [2.24, 2.45) is 11.1 Å². The van der Waals surface area contributed by atoms with Crippen LogP contribution in [0.3, 0.4) is 0 Å². The number of carbonyl (C=O) groups excluding carboxylic acids is 1. The van der Waals surface area contributed by atoms with Crippen molar-refractivity contribution in [3.05, 3.63) is 40.6 Å². The fourth-order valence-electron chi connectivity index (χ4n) is 2.73. The van der Waals surface area contributed by atoms with E-state index in [0.29, 0.717) is 23.8 Å². The Morgan fingerprint density at radius 1 is 1.42 bits per heavy atom. The molecular formula is C18H27FN2O3. The Hall–Kier alpha value is -1.82. The second-order valence-electron chi connectivity index (χ2n) is 5.93. The zero-order chi connectivity index (χ0) is 17.8. The van der Waals surface area contributed by atoms with Crippen molar-refractivity contribution in [3.63, 3.8) is 0 Å². The van der Waals surface area contributed by atoms with Gasteiger partial charge in [-0.15, -0.1) is 0 Å². The minimum atomic E-state index is -0.373. The first kappa shape index (κ1) is 20.2. The molecule has 5 nitrogen and oxygen atoms in total. The number of nitrogens with zero attached hydrogens (tertiary/aromatic N) is 2. The van der Waals surface area contributed by atoms with E-state index in [-0.39, 0.29) is 12.4 Å². The maximum atomic E-state index is 12.6. The molecule has 0 radical (unpaired) electrons. The maximum absolute atomic E-state index is 12.6. The third-order valence-corrected chi connectivity index (χ3v) is 3.93. The molecule has 1 aromatic carbocycles. The highest BCUT2D eigenvalue weighted by atomic mass is 19.1. The SMILES string of the molecule is CCCC(=O)N1CCCC(COC)C1.O=NCc1ccccc1F. The number of nitroso groups, excluding NO2 is 1. The zero-order valence-electron chi connectivity index (χ0n) is 14.5. The van der Waals surface area contributed by atoms with Crippen molar-refractivity contribution in [3.8, 4) is 0 Å². The fourth-order valence-corrected chi connectivity index (χ4v) is 2.73. The first-order valence-electron chi connectivity index (χ1n) is 8.41. The summed E-state index contributed by atoms with van der Waals surface area (Å²) in [6, 6.07) is 6.09. The molecule has 134 valence electrons. The minimum absolute atomic E-state index is 0.0906. The van der Waals surface area contributed by atoms with Crippen molar-refractivity contribution >= 4 is 5.91 Å². The lowest BCUT2D eigenvalue weighted by atomic mass is 9.98. The van der Waals surface area contributed by atoms with Crippen LogP contribution in [-0.4, -0.2) is 37.6 Å². The quantitative estimate of drug-likeness (QED) is 0.742. The van der Waals surface area contributed by atoms with Crippen LogP contribution in [0.2, 0.25) is 0 Å². The van der Waals surface area contributed by atoms with Crippen molar-refractivity contribution in [1.29, 1.82) is 0 Å². The van der Waals surface area contributed by atoms with Crippen LogP contribution in [0.1, 0.15) is 38.2 Å². The number of rotatable bonds is 6. The molecule has 0 saturated carbocycles. The van der Waals surface area contributed by atoms with E-state index < -0.39 is 0 Å². The zero-order valence-corrected chi connectivity index (χ0v) is 14.5. The van der Waals surface area contributed by atoms with Gasteiger partial charge < -0.3 is 9.64 Å². The van der Waals surface area contributed by atoms with E-state index in [1.807, 2.05) is 4.90 Å².